The van der Waals surface area contributed by atoms with E-state index in [0.717, 1.165) is 51.1 Å². The Hall–Kier alpha value is -6.97. The second kappa shape index (κ2) is 21.6. The predicted octanol–water partition coefficient (Wildman–Crippen LogP) is 10.8. The number of carboxylic acids is 1. The van der Waals surface area contributed by atoms with Crippen LogP contribution < -0.4 is 9.62 Å². The van der Waals surface area contributed by atoms with Crippen LogP contribution in [-0.2, 0) is 53.7 Å². The number of hydrogen-bond donors (Lipinski definition) is 2. The van der Waals surface area contributed by atoms with Gasteiger partial charge in [0.25, 0.3) is 27.7 Å². The number of hydrogen-bond acceptors (Lipinski definition) is 8. The van der Waals surface area contributed by atoms with Gasteiger partial charge in [0.2, 0.25) is 0 Å². The highest BCUT2D eigenvalue weighted by molar-refractivity contribution is 7.90. The van der Waals surface area contributed by atoms with Gasteiger partial charge in [-0.1, -0.05) is 127 Å². The molecule has 0 atom stereocenters. The lowest BCUT2D eigenvalue weighted by Gasteiger charge is -2.29. The van der Waals surface area contributed by atoms with Gasteiger partial charge in [-0.2, -0.15) is 5.10 Å². The number of aromatic nitrogens is 2. The minimum Gasteiger partial charge on any atom is -0.481 e. The fraction of sp³-hybridized carbons (Fsp3) is 0.232. The molecule has 73 heavy (non-hydrogen) atoms. The summed E-state index contributed by atoms with van der Waals surface area (Å²) < 4.78 is 31.5. The van der Waals surface area contributed by atoms with Gasteiger partial charge in [-0.15, -0.1) is 0 Å². The van der Waals surface area contributed by atoms with E-state index < -0.39 is 33.7 Å². The molecule has 6 aromatic carbocycles. The third-order valence-electron chi connectivity index (χ3n) is 13.4. The number of amides is 3. The number of aliphatic carboxylic acids is 1. The first-order chi connectivity index (χ1) is 35.1. The van der Waals surface area contributed by atoms with Crippen LogP contribution in [0.15, 0.2) is 132 Å². The Bertz CT molecular complexity index is 3400. The maximum atomic E-state index is 14.8. The van der Waals surface area contributed by atoms with Crippen LogP contribution in [0.1, 0.15) is 90.0 Å². The highest BCUT2D eigenvalue weighted by atomic mass is 35.5. The molecule has 7 aromatic rings. The molecule has 3 heterocycles. The lowest BCUT2D eigenvalue weighted by molar-refractivity contribution is -0.136. The van der Waals surface area contributed by atoms with Crippen LogP contribution in [0.2, 0.25) is 15.1 Å². The maximum Gasteiger partial charge on any atom is 0.307 e. The molecular weight excluding hydrogens is 1010 g/mol. The van der Waals surface area contributed by atoms with Crippen LogP contribution in [0, 0.1) is 6.92 Å². The number of nitrogens with zero attached hydrogens (tertiary/aromatic N) is 5. The number of carbonyl (C=O) groups excluding carboxylic acids is 3. The monoisotopic (exact) mass is 1060 g/mol. The lowest BCUT2D eigenvalue weighted by Crippen LogP contribution is -2.37. The average Bonchev–Trinajstić information content (AvgIpc) is 3.93. The summed E-state index contributed by atoms with van der Waals surface area (Å²) in [4.78, 5) is 59.9. The van der Waals surface area contributed by atoms with Gasteiger partial charge in [-0.3, -0.25) is 19.2 Å². The van der Waals surface area contributed by atoms with Gasteiger partial charge in [0.15, 0.2) is 5.69 Å². The zero-order chi connectivity index (χ0) is 51.6. The number of unbranched alkanes of at least 4 members (excludes halogenated alkanes) is 1. The molecule has 0 bridgehead atoms. The minimum absolute atomic E-state index is 0.0154. The molecule has 0 saturated heterocycles. The van der Waals surface area contributed by atoms with Crippen molar-refractivity contribution in [2.24, 2.45) is 0 Å². The van der Waals surface area contributed by atoms with Crippen LogP contribution >= 0.6 is 34.8 Å². The second-order valence-electron chi connectivity index (χ2n) is 18.3. The zero-order valence-corrected chi connectivity index (χ0v) is 43.2. The molecule has 0 radical (unpaired) electrons. The largest absolute Gasteiger partial charge is 0.481 e. The molecule has 3 amide bonds. The number of nitrogens with one attached hydrogen (secondary N) is 1. The third kappa shape index (κ3) is 11.2. The van der Waals surface area contributed by atoms with Crippen LogP contribution in [0.3, 0.4) is 0 Å². The first-order valence-electron chi connectivity index (χ1n) is 23.9. The summed E-state index contributed by atoms with van der Waals surface area (Å²) in [6, 6.07) is 37.5. The van der Waals surface area contributed by atoms with Gasteiger partial charge in [0.1, 0.15) is 0 Å². The van der Waals surface area contributed by atoms with Gasteiger partial charge >= 0.3 is 5.97 Å². The smallest absolute Gasteiger partial charge is 0.307 e. The van der Waals surface area contributed by atoms with E-state index in [-0.39, 0.29) is 45.4 Å². The van der Waals surface area contributed by atoms with Crippen molar-refractivity contribution >= 4 is 74.2 Å². The first-order valence-corrected chi connectivity index (χ1v) is 26.5. The Kier molecular flexibility index (Phi) is 15.1. The van der Waals surface area contributed by atoms with E-state index in [0.29, 0.717) is 73.3 Å². The van der Waals surface area contributed by atoms with Crippen LogP contribution in [0.4, 0.5) is 5.69 Å². The van der Waals surface area contributed by atoms with Gasteiger partial charge in [-0.25, -0.2) is 17.8 Å². The Labute approximate surface area is 439 Å². The number of carboxylic acid groups (broad SMARTS) is 1. The van der Waals surface area contributed by atoms with Gasteiger partial charge < -0.3 is 19.8 Å². The summed E-state index contributed by atoms with van der Waals surface area (Å²) in [5, 5.41) is 14.9. The highest BCUT2D eigenvalue weighted by Crippen LogP contribution is 2.34. The third-order valence-corrected chi connectivity index (χ3v) is 15.9. The molecule has 9 rings (SSSR count). The SMILES string of the molecule is CCCCN(Cc1ccc(-c2ccc(CC(=O)O)cc2)cc1)C(=O)c1nn(-c2ccc(C(=O)NS(=O)(=O)c3ccc4c(c3)CCN4Cc3ccc(Cl)c(Cl)c3)cc2C(=O)N2CCc3ccccc3C2)c(C)c1Cl. The van der Waals surface area contributed by atoms with Crippen molar-refractivity contribution in [3.05, 3.63) is 198 Å². The number of halogens is 3. The normalized spacial score (nSPS) is 13.1. The average molecular weight is 1060 g/mol. The van der Waals surface area contributed by atoms with Crippen LogP contribution in [-0.4, -0.2) is 76.4 Å². The van der Waals surface area contributed by atoms with E-state index in [4.69, 9.17) is 45.0 Å². The fourth-order valence-electron chi connectivity index (χ4n) is 9.37. The number of carbonyl (C=O) groups is 4. The fourth-order valence-corrected chi connectivity index (χ4v) is 10.9. The molecule has 0 fully saturated rings. The Morgan fingerprint density at radius 3 is 2.11 bits per heavy atom. The molecule has 2 aliphatic heterocycles. The van der Waals surface area contributed by atoms with Crippen LogP contribution in [0.5, 0.6) is 0 Å². The molecule has 0 aliphatic carbocycles. The lowest BCUT2D eigenvalue weighted by atomic mass is 9.98. The van der Waals surface area contributed by atoms with Gasteiger partial charge in [0, 0.05) is 50.5 Å². The second-order valence-corrected chi connectivity index (χ2v) is 21.2. The first kappa shape index (κ1) is 51.0. The molecule has 2 aliphatic rings. The van der Waals surface area contributed by atoms with Gasteiger partial charge in [0.05, 0.1) is 43.3 Å². The van der Waals surface area contributed by atoms with E-state index in [9.17, 15) is 27.6 Å². The molecule has 0 saturated carbocycles. The predicted molar refractivity (Wildman–Crippen MR) is 283 cm³/mol. The quantitative estimate of drug-likeness (QED) is 0.0959. The zero-order valence-electron chi connectivity index (χ0n) is 40.1. The van der Waals surface area contributed by atoms with Crippen molar-refractivity contribution in [3.63, 3.8) is 0 Å². The Morgan fingerprint density at radius 2 is 1.41 bits per heavy atom. The number of benzene rings is 6. The van der Waals surface area contributed by atoms with Crippen molar-refractivity contribution in [2.45, 2.75) is 70.5 Å². The van der Waals surface area contributed by atoms with E-state index in [1.165, 1.54) is 28.9 Å². The Morgan fingerprint density at radius 1 is 0.740 bits per heavy atom. The summed E-state index contributed by atoms with van der Waals surface area (Å²) in [5.74, 6) is -2.67. The molecule has 17 heteroatoms. The summed E-state index contributed by atoms with van der Waals surface area (Å²) in [7, 11) is -4.38. The molecule has 1 aromatic heterocycles. The minimum atomic E-state index is -4.38. The van der Waals surface area contributed by atoms with Crippen molar-refractivity contribution in [1.82, 2.24) is 24.3 Å². The molecule has 0 unspecified atom stereocenters. The van der Waals surface area contributed by atoms with E-state index in [1.54, 1.807) is 53.1 Å². The standard InChI is InChI=1S/C56H51Cl3N6O7S/c1-3-4-25-63(32-37-11-16-41(17-12-37)40-14-9-36(10-15-40)29-51(66)67)56(70)53-52(59)35(2)65(60-53)50-21-18-43(31-46(50)55(69)64-27-23-39-7-5-6-8-44(39)34-64)54(68)61-73(71,72)45-19-22-49-42(30-45)24-26-62(49)33-38-13-20-47(57)48(58)28-38/h5-22,28,30-31H,3-4,23-27,29,32-34H2,1-2H3,(H,61,68)(H,66,67). The summed E-state index contributed by atoms with van der Waals surface area (Å²) in [6.07, 6.45) is 2.68. The van der Waals surface area contributed by atoms with Crippen molar-refractivity contribution in [1.29, 1.82) is 0 Å². The topological polar surface area (TPSA) is 162 Å². The molecule has 374 valence electrons. The number of rotatable bonds is 16. The van der Waals surface area contributed by atoms with Crippen molar-refractivity contribution < 1.29 is 32.7 Å². The highest BCUT2D eigenvalue weighted by Gasteiger charge is 2.31. The van der Waals surface area contributed by atoms with E-state index in [1.807, 2.05) is 73.7 Å². The molecule has 0 spiro atoms. The summed E-state index contributed by atoms with van der Waals surface area (Å²) in [5.41, 5.74) is 8.76. The Balaban J connectivity index is 0.984. The number of sulfonamides is 1. The number of anilines is 1. The summed E-state index contributed by atoms with van der Waals surface area (Å²) >= 11 is 19.4. The van der Waals surface area contributed by atoms with Gasteiger partial charge in [-0.05, 0) is 119 Å². The van der Waals surface area contributed by atoms with Crippen molar-refractivity contribution in [2.75, 3.05) is 24.5 Å². The maximum absolute atomic E-state index is 14.8. The van der Waals surface area contributed by atoms with Crippen LogP contribution in [0.25, 0.3) is 16.8 Å². The molecular formula is C56H51Cl3N6O7S. The van der Waals surface area contributed by atoms with Crippen molar-refractivity contribution in [3.8, 4) is 16.8 Å². The molecule has 13 nitrogen and oxygen atoms in total. The van der Waals surface area contributed by atoms with E-state index >= 15 is 0 Å². The number of fused-ring (bicyclic) bond motifs is 2. The summed E-state index contributed by atoms with van der Waals surface area (Å²) in [6.45, 7) is 6.29. The molecule has 2 N–H and O–H groups in total. The van der Waals surface area contributed by atoms with E-state index in [2.05, 4.69) is 9.62 Å².